The number of hydrogen-bond donors (Lipinski definition) is 2. The molecule has 2 rings (SSSR count). The number of anilines is 1. The summed E-state index contributed by atoms with van der Waals surface area (Å²) in [5, 5.41) is 10.4. The first-order chi connectivity index (χ1) is 9.66. The second kappa shape index (κ2) is 6.86. The maximum Gasteiger partial charge on any atom is 0.225 e. The first-order valence-corrected chi connectivity index (χ1v) is 6.79. The van der Waals surface area contributed by atoms with Gasteiger partial charge in [-0.15, -0.1) is 0 Å². The molecule has 0 fully saturated rings. The third-order valence-electron chi connectivity index (χ3n) is 2.83. The van der Waals surface area contributed by atoms with Crippen LogP contribution in [0.25, 0.3) is 5.69 Å². The third-order valence-corrected chi connectivity index (χ3v) is 2.83. The van der Waals surface area contributed by atoms with Crippen LogP contribution in [0.4, 0.5) is 5.69 Å². The molecule has 0 aliphatic carbocycles. The number of benzene rings is 1. The molecule has 5 nitrogen and oxygen atoms in total. The molecule has 5 heteroatoms. The van der Waals surface area contributed by atoms with Crippen LogP contribution < -0.4 is 10.6 Å². The first kappa shape index (κ1) is 14.3. The largest absolute Gasteiger partial charge is 0.324 e. The van der Waals surface area contributed by atoms with Crippen LogP contribution >= 0.6 is 0 Å². The molecule has 0 radical (unpaired) electrons. The zero-order valence-electron chi connectivity index (χ0n) is 11.8. The Balaban J connectivity index is 2.01. The minimum absolute atomic E-state index is 0.00208. The molecule has 0 aliphatic heterocycles. The van der Waals surface area contributed by atoms with E-state index in [1.807, 2.05) is 36.5 Å². The lowest BCUT2D eigenvalue weighted by Crippen LogP contribution is -2.27. The van der Waals surface area contributed by atoms with Gasteiger partial charge >= 0.3 is 0 Å². The number of para-hydroxylation sites is 2. The van der Waals surface area contributed by atoms with Crippen molar-refractivity contribution in [1.82, 2.24) is 15.1 Å². The number of nitrogens with zero attached hydrogens (tertiary/aromatic N) is 2. The van der Waals surface area contributed by atoms with Crippen LogP contribution in [0.15, 0.2) is 42.7 Å². The fourth-order valence-electron chi connectivity index (χ4n) is 1.88. The molecule has 0 spiro atoms. The van der Waals surface area contributed by atoms with E-state index in [1.165, 1.54) is 0 Å². The van der Waals surface area contributed by atoms with E-state index in [0.717, 1.165) is 11.4 Å². The summed E-state index contributed by atoms with van der Waals surface area (Å²) in [6.07, 6.45) is 4.02. The van der Waals surface area contributed by atoms with Crippen molar-refractivity contribution in [3.8, 4) is 5.69 Å². The molecule has 0 aliphatic rings. The van der Waals surface area contributed by atoms with Gasteiger partial charge in [0.25, 0.3) is 0 Å². The molecule has 1 amide bonds. The lowest BCUT2D eigenvalue weighted by Gasteiger charge is -2.12. The number of carbonyl (C=O) groups excluding carboxylic acids is 1. The van der Waals surface area contributed by atoms with Gasteiger partial charge < -0.3 is 10.6 Å². The van der Waals surface area contributed by atoms with E-state index < -0.39 is 0 Å². The summed E-state index contributed by atoms with van der Waals surface area (Å²) in [7, 11) is 0. The fraction of sp³-hybridized carbons (Fsp3) is 0.333. The van der Waals surface area contributed by atoms with E-state index in [-0.39, 0.29) is 5.91 Å². The SMILES string of the molecule is CC(C)NCCC(=O)Nc1ccccc1-n1cccn1. The third kappa shape index (κ3) is 3.93. The summed E-state index contributed by atoms with van der Waals surface area (Å²) in [5.74, 6) is -0.00208. The van der Waals surface area contributed by atoms with Gasteiger partial charge in [-0.25, -0.2) is 4.68 Å². The van der Waals surface area contributed by atoms with Gasteiger partial charge in [-0.1, -0.05) is 26.0 Å². The van der Waals surface area contributed by atoms with Gasteiger partial charge in [0.2, 0.25) is 5.91 Å². The Kier molecular flexibility index (Phi) is 4.90. The highest BCUT2D eigenvalue weighted by atomic mass is 16.1. The summed E-state index contributed by atoms with van der Waals surface area (Å²) >= 11 is 0. The van der Waals surface area contributed by atoms with Crippen molar-refractivity contribution in [2.75, 3.05) is 11.9 Å². The zero-order chi connectivity index (χ0) is 14.4. The minimum atomic E-state index is -0.00208. The molecule has 0 saturated carbocycles. The van der Waals surface area contributed by atoms with Crippen molar-refractivity contribution in [2.45, 2.75) is 26.3 Å². The zero-order valence-corrected chi connectivity index (χ0v) is 11.8. The molecule has 1 aromatic heterocycles. The normalized spacial score (nSPS) is 10.8. The number of hydrogen-bond acceptors (Lipinski definition) is 3. The molecule has 106 valence electrons. The van der Waals surface area contributed by atoms with Crippen LogP contribution in [0.1, 0.15) is 20.3 Å². The molecule has 0 saturated heterocycles. The van der Waals surface area contributed by atoms with E-state index in [0.29, 0.717) is 19.0 Å². The van der Waals surface area contributed by atoms with Crippen molar-refractivity contribution < 1.29 is 4.79 Å². The highest BCUT2D eigenvalue weighted by Gasteiger charge is 2.08. The second-order valence-corrected chi connectivity index (χ2v) is 4.87. The van der Waals surface area contributed by atoms with Crippen LogP contribution in [0.3, 0.4) is 0 Å². The lowest BCUT2D eigenvalue weighted by atomic mass is 10.2. The Morgan fingerprint density at radius 3 is 2.80 bits per heavy atom. The summed E-state index contributed by atoms with van der Waals surface area (Å²) in [6.45, 7) is 4.79. The van der Waals surface area contributed by atoms with Gasteiger partial charge in [-0.3, -0.25) is 4.79 Å². The number of nitrogens with one attached hydrogen (secondary N) is 2. The van der Waals surface area contributed by atoms with Crippen LogP contribution in [0, 0.1) is 0 Å². The monoisotopic (exact) mass is 272 g/mol. The molecule has 2 aromatic rings. The smallest absolute Gasteiger partial charge is 0.225 e. The Hall–Kier alpha value is -2.14. The molecule has 0 atom stereocenters. The topological polar surface area (TPSA) is 59.0 Å². The summed E-state index contributed by atoms with van der Waals surface area (Å²) < 4.78 is 1.74. The lowest BCUT2D eigenvalue weighted by molar-refractivity contribution is -0.116. The number of amides is 1. The summed E-state index contributed by atoms with van der Waals surface area (Å²) in [4.78, 5) is 11.9. The molecule has 0 unspecified atom stereocenters. The van der Waals surface area contributed by atoms with Gasteiger partial charge in [0.05, 0.1) is 11.4 Å². The predicted molar refractivity (Wildman–Crippen MR) is 79.9 cm³/mol. The van der Waals surface area contributed by atoms with Crippen molar-refractivity contribution >= 4 is 11.6 Å². The van der Waals surface area contributed by atoms with Gasteiger partial charge in [-0.05, 0) is 18.2 Å². The number of aromatic nitrogens is 2. The van der Waals surface area contributed by atoms with Crippen LogP contribution in [0.2, 0.25) is 0 Å². The molecular weight excluding hydrogens is 252 g/mol. The molecule has 1 aromatic carbocycles. The Labute approximate surface area is 119 Å². The number of rotatable bonds is 6. The molecule has 20 heavy (non-hydrogen) atoms. The molecule has 1 heterocycles. The molecular formula is C15H20N4O. The van der Waals surface area contributed by atoms with Gasteiger partial charge in [-0.2, -0.15) is 5.10 Å². The standard InChI is InChI=1S/C15H20N4O/c1-12(2)16-10-8-15(20)18-13-6-3-4-7-14(13)19-11-5-9-17-19/h3-7,9,11-12,16H,8,10H2,1-2H3,(H,18,20). The van der Waals surface area contributed by atoms with E-state index in [9.17, 15) is 4.79 Å². The highest BCUT2D eigenvalue weighted by Crippen LogP contribution is 2.18. The summed E-state index contributed by atoms with van der Waals surface area (Å²) in [5.41, 5.74) is 1.63. The minimum Gasteiger partial charge on any atom is -0.324 e. The van der Waals surface area contributed by atoms with E-state index >= 15 is 0 Å². The quantitative estimate of drug-likeness (QED) is 0.847. The molecule has 0 bridgehead atoms. The first-order valence-electron chi connectivity index (χ1n) is 6.79. The maximum atomic E-state index is 11.9. The van der Waals surface area contributed by atoms with Crippen LogP contribution in [0.5, 0.6) is 0 Å². The van der Waals surface area contributed by atoms with Gasteiger partial charge in [0.15, 0.2) is 0 Å². The highest BCUT2D eigenvalue weighted by molar-refractivity contribution is 5.92. The van der Waals surface area contributed by atoms with Crippen molar-refractivity contribution in [2.24, 2.45) is 0 Å². The van der Waals surface area contributed by atoms with Gasteiger partial charge in [0.1, 0.15) is 0 Å². The Morgan fingerprint density at radius 2 is 2.10 bits per heavy atom. The maximum absolute atomic E-state index is 11.9. The van der Waals surface area contributed by atoms with Crippen LogP contribution in [-0.4, -0.2) is 28.3 Å². The van der Waals surface area contributed by atoms with Crippen molar-refractivity contribution in [3.63, 3.8) is 0 Å². The predicted octanol–water partition coefficient (Wildman–Crippen LogP) is 2.20. The van der Waals surface area contributed by atoms with Crippen molar-refractivity contribution in [3.05, 3.63) is 42.7 Å². The van der Waals surface area contributed by atoms with E-state index in [2.05, 4.69) is 29.6 Å². The fourth-order valence-corrected chi connectivity index (χ4v) is 1.88. The summed E-state index contributed by atoms with van der Waals surface area (Å²) in [6, 6.07) is 9.87. The number of carbonyl (C=O) groups is 1. The molecule has 2 N–H and O–H groups in total. The van der Waals surface area contributed by atoms with Crippen LogP contribution in [-0.2, 0) is 4.79 Å². The van der Waals surface area contributed by atoms with Gasteiger partial charge in [0, 0.05) is 31.4 Å². The Bertz CT molecular complexity index is 549. The average Bonchev–Trinajstić information content (AvgIpc) is 2.92. The van der Waals surface area contributed by atoms with Crippen molar-refractivity contribution in [1.29, 1.82) is 0 Å². The Morgan fingerprint density at radius 1 is 1.30 bits per heavy atom. The second-order valence-electron chi connectivity index (χ2n) is 4.87. The van der Waals surface area contributed by atoms with E-state index in [1.54, 1.807) is 10.9 Å². The van der Waals surface area contributed by atoms with E-state index in [4.69, 9.17) is 0 Å². The average molecular weight is 272 g/mol.